The fourth-order valence-corrected chi connectivity index (χ4v) is 2.26. The van der Waals surface area contributed by atoms with Crippen molar-refractivity contribution >= 4 is 11.6 Å². The van der Waals surface area contributed by atoms with Crippen LogP contribution >= 0.6 is 11.6 Å². The van der Waals surface area contributed by atoms with Crippen molar-refractivity contribution in [2.75, 3.05) is 6.54 Å². The van der Waals surface area contributed by atoms with Gasteiger partial charge in [-0.25, -0.2) is 0 Å². The highest BCUT2D eigenvalue weighted by atomic mass is 35.5. The smallest absolute Gasteiger partial charge is 0.0751 e. The molecule has 0 saturated carbocycles. The summed E-state index contributed by atoms with van der Waals surface area (Å²) in [4.78, 5) is 4.43. The van der Waals surface area contributed by atoms with E-state index in [4.69, 9.17) is 11.6 Å². The summed E-state index contributed by atoms with van der Waals surface area (Å²) in [5, 5.41) is 4.15. The minimum absolute atomic E-state index is 0.119. The van der Waals surface area contributed by atoms with Gasteiger partial charge in [0.25, 0.3) is 0 Å². The first kappa shape index (κ1) is 14.0. The molecule has 1 N–H and O–H groups in total. The Labute approximate surface area is 119 Å². The van der Waals surface area contributed by atoms with Gasteiger partial charge >= 0.3 is 0 Å². The van der Waals surface area contributed by atoms with E-state index in [0.717, 1.165) is 18.7 Å². The van der Waals surface area contributed by atoms with E-state index in [-0.39, 0.29) is 6.04 Å². The average molecular weight is 275 g/mol. The Hall–Kier alpha value is -1.38. The molecule has 1 unspecified atom stereocenters. The second kappa shape index (κ2) is 6.69. The number of halogens is 1. The predicted molar refractivity (Wildman–Crippen MR) is 80.6 cm³/mol. The quantitative estimate of drug-likeness (QED) is 0.892. The van der Waals surface area contributed by atoms with E-state index in [0.29, 0.717) is 5.02 Å². The van der Waals surface area contributed by atoms with Gasteiger partial charge in [0, 0.05) is 6.20 Å². The number of nitrogens with zero attached hydrogens (tertiary/aromatic N) is 1. The van der Waals surface area contributed by atoms with Crippen LogP contribution in [-0.2, 0) is 6.42 Å². The number of benzene rings is 1. The van der Waals surface area contributed by atoms with Gasteiger partial charge in [0.1, 0.15) is 0 Å². The lowest BCUT2D eigenvalue weighted by Crippen LogP contribution is -2.23. The van der Waals surface area contributed by atoms with Crippen LogP contribution in [0.15, 0.2) is 42.6 Å². The first-order chi connectivity index (χ1) is 9.24. The van der Waals surface area contributed by atoms with Gasteiger partial charge in [0.05, 0.1) is 16.8 Å². The summed E-state index contributed by atoms with van der Waals surface area (Å²) in [5.41, 5.74) is 3.59. The maximum absolute atomic E-state index is 5.90. The van der Waals surface area contributed by atoms with E-state index < -0.39 is 0 Å². The molecule has 1 aromatic heterocycles. The average Bonchev–Trinajstić information content (AvgIpc) is 2.46. The molecule has 19 heavy (non-hydrogen) atoms. The molecule has 2 aromatic rings. The number of rotatable bonds is 5. The number of pyridine rings is 1. The molecule has 0 aliphatic rings. The van der Waals surface area contributed by atoms with Crippen LogP contribution in [0, 0.1) is 0 Å². The molecule has 2 rings (SSSR count). The summed E-state index contributed by atoms with van der Waals surface area (Å²) in [5.74, 6) is 0. The van der Waals surface area contributed by atoms with Gasteiger partial charge in [-0.05, 0) is 36.2 Å². The van der Waals surface area contributed by atoms with Gasteiger partial charge in [-0.15, -0.1) is 0 Å². The highest BCUT2D eigenvalue weighted by Crippen LogP contribution is 2.22. The summed E-state index contributed by atoms with van der Waals surface area (Å²) in [6.45, 7) is 5.17. The van der Waals surface area contributed by atoms with Gasteiger partial charge in [-0.3, -0.25) is 4.98 Å². The van der Waals surface area contributed by atoms with E-state index in [9.17, 15) is 0 Å². The number of hydrogen-bond acceptors (Lipinski definition) is 2. The molecule has 0 fully saturated rings. The van der Waals surface area contributed by atoms with Crippen molar-refractivity contribution in [2.24, 2.45) is 0 Å². The van der Waals surface area contributed by atoms with Gasteiger partial charge in [0.15, 0.2) is 0 Å². The lowest BCUT2D eigenvalue weighted by atomic mass is 10.00. The standard InChI is InChI=1S/C16H19ClN2/c1-3-12-6-5-7-13(10-12)16(18-4-2)15-9-8-14(17)11-19-15/h5-11,16,18H,3-4H2,1-2H3. The van der Waals surface area contributed by atoms with Crippen LogP contribution in [0.1, 0.15) is 36.7 Å². The van der Waals surface area contributed by atoms with Crippen LogP contribution in [-0.4, -0.2) is 11.5 Å². The van der Waals surface area contributed by atoms with Crippen molar-refractivity contribution in [3.8, 4) is 0 Å². The summed E-state index contributed by atoms with van der Waals surface area (Å²) < 4.78 is 0. The molecular weight excluding hydrogens is 256 g/mol. The number of nitrogens with one attached hydrogen (secondary N) is 1. The molecule has 0 aliphatic carbocycles. The van der Waals surface area contributed by atoms with E-state index in [1.807, 2.05) is 12.1 Å². The molecule has 1 aromatic carbocycles. The molecular formula is C16H19ClN2. The Balaban J connectivity index is 2.35. The van der Waals surface area contributed by atoms with Crippen LogP contribution in [0.2, 0.25) is 5.02 Å². The Bertz CT molecular complexity index is 523. The van der Waals surface area contributed by atoms with Crippen molar-refractivity contribution in [1.29, 1.82) is 0 Å². The van der Waals surface area contributed by atoms with Crippen molar-refractivity contribution < 1.29 is 0 Å². The van der Waals surface area contributed by atoms with E-state index in [1.165, 1.54) is 11.1 Å². The largest absolute Gasteiger partial charge is 0.305 e. The SMILES string of the molecule is CCNC(c1cccc(CC)c1)c1ccc(Cl)cn1. The van der Waals surface area contributed by atoms with Crippen molar-refractivity contribution in [3.63, 3.8) is 0 Å². The maximum atomic E-state index is 5.90. The fourth-order valence-electron chi connectivity index (χ4n) is 2.15. The molecule has 0 saturated heterocycles. The number of aromatic nitrogens is 1. The van der Waals surface area contributed by atoms with Crippen LogP contribution < -0.4 is 5.32 Å². The lowest BCUT2D eigenvalue weighted by Gasteiger charge is -2.18. The molecule has 0 spiro atoms. The lowest BCUT2D eigenvalue weighted by molar-refractivity contribution is 0.615. The summed E-state index contributed by atoms with van der Waals surface area (Å²) in [6.07, 6.45) is 2.74. The van der Waals surface area contributed by atoms with Gasteiger partial charge in [-0.2, -0.15) is 0 Å². The fraction of sp³-hybridized carbons (Fsp3) is 0.312. The van der Waals surface area contributed by atoms with E-state index in [1.54, 1.807) is 6.20 Å². The molecule has 1 heterocycles. The van der Waals surface area contributed by atoms with Crippen molar-refractivity contribution in [2.45, 2.75) is 26.3 Å². The summed E-state index contributed by atoms with van der Waals surface area (Å²) >= 11 is 5.90. The first-order valence-corrected chi connectivity index (χ1v) is 7.06. The molecule has 1 atom stereocenters. The Morgan fingerprint density at radius 3 is 2.68 bits per heavy atom. The zero-order valence-electron chi connectivity index (χ0n) is 11.4. The van der Waals surface area contributed by atoms with Crippen LogP contribution in [0.25, 0.3) is 0 Å². The summed E-state index contributed by atoms with van der Waals surface area (Å²) in [7, 11) is 0. The van der Waals surface area contributed by atoms with Gasteiger partial charge in [0.2, 0.25) is 0 Å². The summed E-state index contributed by atoms with van der Waals surface area (Å²) in [6, 6.07) is 12.6. The van der Waals surface area contributed by atoms with E-state index in [2.05, 4.69) is 48.4 Å². The minimum atomic E-state index is 0.119. The van der Waals surface area contributed by atoms with E-state index >= 15 is 0 Å². The van der Waals surface area contributed by atoms with Gasteiger partial charge in [-0.1, -0.05) is 49.7 Å². The Kier molecular flexibility index (Phi) is 4.94. The Morgan fingerprint density at radius 2 is 2.05 bits per heavy atom. The van der Waals surface area contributed by atoms with Crippen LogP contribution in [0.5, 0.6) is 0 Å². The third kappa shape index (κ3) is 3.55. The molecule has 3 heteroatoms. The van der Waals surface area contributed by atoms with Crippen molar-refractivity contribution in [1.82, 2.24) is 10.3 Å². The second-order valence-electron chi connectivity index (χ2n) is 4.49. The zero-order chi connectivity index (χ0) is 13.7. The molecule has 0 amide bonds. The third-order valence-electron chi connectivity index (χ3n) is 3.15. The molecule has 100 valence electrons. The Morgan fingerprint density at radius 1 is 1.21 bits per heavy atom. The molecule has 0 aliphatic heterocycles. The van der Waals surface area contributed by atoms with Crippen LogP contribution in [0.4, 0.5) is 0 Å². The van der Waals surface area contributed by atoms with Gasteiger partial charge < -0.3 is 5.32 Å². The highest BCUT2D eigenvalue weighted by molar-refractivity contribution is 6.30. The molecule has 0 radical (unpaired) electrons. The number of hydrogen-bond donors (Lipinski definition) is 1. The third-order valence-corrected chi connectivity index (χ3v) is 3.37. The van der Waals surface area contributed by atoms with Crippen molar-refractivity contribution in [3.05, 3.63) is 64.4 Å². The molecule has 0 bridgehead atoms. The number of aryl methyl sites for hydroxylation is 1. The minimum Gasteiger partial charge on any atom is -0.305 e. The highest BCUT2D eigenvalue weighted by Gasteiger charge is 2.14. The maximum Gasteiger partial charge on any atom is 0.0751 e. The topological polar surface area (TPSA) is 24.9 Å². The first-order valence-electron chi connectivity index (χ1n) is 6.68. The molecule has 2 nitrogen and oxygen atoms in total. The monoisotopic (exact) mass is 274 g/mol. The predicted octanol–water partition coefficient (Wildman–Crippen LogP) is 4.00. The zero-order valence-corrected chi connectivity index (χ0v) is 12.1. The normalized spacial score (nSPS) is 12.4. The van der Waals surface area contributed by atoms with Crippen LogP contribution in [0.3, 0.4) is 0 Å². The second-order valence-corrected chi connectivity index (χ2v) is 4.93.